The molecule has 1 aromatic rings. The molecule has 1 aliphatic rings. The second kappa shape index (κ2) is 7.79. The first-order valence-electron chi connectivity index (χ1n) is 7.44. The first-order valence-corrected chi connectivity index (χ1v) is 9.66. The minimum Gasteiger partial charge on any atom is -0.271 e. The summed E-state index contributed by atoms with van der Waals surface area (Å²) >= 11 is 5.81. The van der Waals surface area contributed by atoms with Crippen LogP contribution in [0.3, 0.4) is 0 Å². The van der Waals surface area contributed by atoms with Crippen LogP contribution in [0, 0.1) is 0 Å². The minimum atomic E-state index is -3.59. The van der Waals surface area contributed by atoms with Crippen LogP contribution in [0.2, 0.25) is 5.02 Å². The van der Waals surface area contributed by atoms with Gasteiger partial charge in [0.05, 0.1) is 11.9 Å². The number of hydrazone groups is 1. The Balaban J connectivity index is 2.06. The summed E-state index contributed by atoms with van der Waals surface area (Å²) in [5, 5.41) is 4.60. The molecular weight excluding hydrogens is 338 g/mol. The van der Waals surface area contributed by atoms with Crippen LogP contribution < -0.4 is 9.73 Å². The van der Waals surface area contributed by atoms with Crippen LogP contribution in [0.4, 0.5) is 5.69 Å². The van der Waals surface area contributed by atoms with Crippen molar-refractivity contribution in [3.8, 4) is 0 Å². The van der Waals surface area contributed by atoms with Gasteiger partial charge in [-0.3, -0.25) is 9.10 Å². The number of nitrogens with one attached hydrogen (secondary N) is 1. The van der Waals surface area contributed by atoms with Gasteiger partial charge in [-0.05, 0) is 49.9 Å². The molecule has 126 valence electrons. The molecule has 2 rings (SSSR count). The van der Waals surface area contributed by atoms with E-state index in [1.807, 2.05) is 0 Å². The molecule has 1 amide bonds. The molecule has 1 saturated carbocycles. The third-order valence-corrected chi connectivity index (χ3v) is 4.96. The number of hydrogen-bond donors (Lipinski definition) is 1. The highest BCUT2D eigenvalue weighted by atomic mass is 35.5. The number of nitrogens with zero attached hydrogens (tertiary/aromatic N) is 2. The molecule has 0 saturated heterocycles. The summed E-state index contributed by atoms with van der Waals surface area (Å²) in [6, 6.07) is 6.28. The van der Waals surface area contributed by atoms with Crippen molar-refractivity contribution in [3.63, 3.8) is 0 Å². The van der Waals surface area contributed by atoms with Gasteiger partial charge >= 0.3 is 0 Å². The Morgan fingerprint density at radius 1 is 1.22 bits per heavy atom. The molecule has 0 aromatic heterocycles. The highest BCUT2D eigenvalue weighted by molar-refractivity contribution is 7.92. The summed E-state index contributed by atoms with van der Waals surface area (Å²) in [6.45, 7) is -0.322. The number of amides is 1. The number of halogens is 1. The molecule has 0 aliphatic heterocycles. The topological polar surface area (TPSA) is 78.8 Å². The van der Waals surface area contributed by atoms with Gasteiger partial charge in [0.2, 0.25) is 10.0 Å². The lowest BCUT2D eigenvalue weighted by molar-refractivity contribution is -0.119. The monoisotopic (exact) mass is 357 g/mol. The predicted octanol–water partition coefficient (Wildman–Crippen LogP) is 2.54. The average molecular weight is 358 g/mol. The number of sulfonamides is 1. The molecule has 23 heavy (non-hydrogen) atoms. The minimum absolute atomic E-state index is 0.322. The van der Waals surface area contributed by atoms with Crippen molar-refractivity contribution in [1.82, 2.24) is 5.43 Å². The van der Waals surface area contributed by atoms with E-state index in [4.69, 9.17) is 11.6 Å². The second-order valence-electron chi connectivity index (χ2n) is 5.52. The van der Waals surface area contributed by atoms with E-state index in [0.717, 1.165) is 42.0 Å². The molecule has 0 unspecified atom stereocenters. The molecule has 0 heterocycles. The van der Waals surface area contributed by atoms with E-state index in [9.17, 15) is 13.2 Å². The summed E-state index contributed by atoms with van der Waals surface area (Å²) in [5.74, 6) is -0.469. The Hall–Kier alpha value is -1.60. The fourth-order valence-corrected chi connectivity index (χ4v) is 3.37. The van der Waals surface area contributed by atoms with Crippen molar-refractivity contribution in [2.24, 2.45) is 5.10 Å². The summed E-state index contributed by atoms with van der Waals surface area (Å²) in [6.07, 6.45) is 6.16. The predicted molar refractivity (Wildman–Crippen MR) is 92.3 cm³/mol. The van der Waals surface area contributed by atoms with E-state index in [2.05, 4.69) is 10.5 Å². The number of anilines is 1. The van der Waals surface area contributed by atoms with Crippen molar-refractivity contribution in [2.45, 2.75) is 32.1 Å². The van der Waals surface area contributed by atoms with Gasteiger partial charge < -0.3 is 0 Å². The molecule has 1 aromatic carbocycles. The lowest BCUT2D eigenvalue weighted by atomic mass is 9.99. The third-order valence-electron chi connectivity index (χ3n) is 3.57. The van der Waals surface area contributed by atoms with Gasteiger partial charge in [0.1, 0.15) is 6.54 Å². The van der Waals surface area contributed by atoms with Crippen molar-refractivity contribution < 1.29 is 13.2 Å². The van der Waals surface area contributed by atoms with Crippen molar-refractivity contribution in [1.29, 1.82) is 0 Å². The Labute approximate surface area is 141 Å². The fourth-order valence-electron chi connectivity index (χ4n) is 2.39. The first kappa shape index (κ1) is 17.7. The first-order chi connectivity index (χ1) is 10.9. The number of hydrogen-bond acceptors (Lipinski definition) is 4. The molecule has 0 spiro atoms. The highest BCUT2D eigenvalue weighted by Crippen LogP contribution is 2.20. The maximum atomic E-state index is 12.0. The van der Waals surface area contributed by atoms with Crippen molar-refractivity contribution >= 4 is 38.9 Å². The second-order valence-corrected chi connectivity index (χ2v) is 7.86. The summed E-state index contributed by atoms with van der Waals surface area (Å²) < 4.78 is 24.9. The molecule has 1 fully saturated rings. The number of rotatable bonds is 5. The SMILES string of the molecule is CS(=O)(=O)N(CC(=O)NN=C1CCCCC1)c1ccc(Cl)cc1. The Morgan fingerprint density at radius 2 is 1.83 bits per heavy atom. The van der Waals surface area contributed by atoms with E-state index in [0.29, 0.717) is 10.7 Å². The normalized spacial score (nSPS) is 15.1. The van der Waals surface area contributed by atoms with Crippen LogP contribution in [0.15, 0.2) is 29.4 Å². The van der Waals surface area contributed by atoms with Gasteiger partial charge in [-0.2, -0.15) is 5.10 Å². The summed E-state index contributed by atoms with van der Waals surface area (Å²) in [4.78, 5) is 12.0. The summed E-state index contributed by atoms with van der Waals surface area (Å²) in [7, 11) is -3.59. The zero-order chi connectivity index (χ0) is 16.9. The van der Waals surface area contributed by atoms with Crippen LogP contribution in [-0.2, 0) is 14.8 Å². The van der Waals surface area contributed by atoms with E-state index >= 15 is 0 Å². The molecule has 0 bridgehead atoms. The number of carbonyl (C=O) groups is 1. The van der Waals surface area contributed by atoms with Crippen molar-refractivity contribution in [3.05, 3.63) is 29.3 Å². The Kier molecular flexibility index (Phi) is 6.01. The smallest absolute Gasteiger partial charge is 0.260 e. The number of benzene rings is 1. The lowest BCUT2D eigenvalue weighted by Crippen LogP contribution is -2.39. The molecule has 1 N–H and O–H groups in total. The third kappa shape index (κ3) is 5.51. The van der Waals surface area contributed by atoms with Gasteiger partial charge in [-0.25, -0.2) is 13.8 Å². The van der Waals surface area contributed by atoms with Crippen LogP contribution in [0.1, 0.15) is 32.1 Å². The van der Waals surface area contributed by atoms with Crippen LogP contribution in [0.25, 0.3) is 0 Å². The van der Waals surface area contributed by atoms with Gasteiger partial charge in [0.25, 0.3) is 5.91 Å². The largest absolute Gasteiger partial charge is 0.271 e. The molecule has 6 nitrogen and oxygen atoms in total. The average Bonchev–Trinajstić information content (AvgIpc) is 2.52. The molecule has 0 atom stereocenters. The molecule has 1 aliphatic carbocycles. The quantitative estimate of drug-likeness (QED) is 0.822. The molecule has 0 radical (unpaired) electrons. The lowest BCUT2D eigenvalue weighted by Gasteiger charge is -2.21. The van der Waals surface area contributed by atoms with Crippen molar-refractivity contribution in [2.75, 3.05) is 17.1 Å². The van der Waals surface area contributed by atoms with E-state index in [-0.39, 0.29) is 6.54 Å². The Morgan fingerprint density at radius 3 is 2.39 bits per heavy atom. The van der Waals surface area contributed by atoms with Crippen LogP contribution >= 0.6 is 11.6 Å². The fraction of sp³-hybridized carbons (Fsp3) is 0.467. The Bertz CT molecular complexity index is 678. The summed E-state index contributed by atoms with van der Waals surface area (Å²) in [5.41, 5.74) is 3.80. The molecule has 8 heteroatoms. The zero-order valence-corrected chi connectivity index (χ0v) is 14.5. The van der Waals surface area contributed by atoms with Crippen LogP contribution in [-0.4, -0.2) is 32.8 Å². The standard InChI is InChI=1S/C15H20ClN3O3S/c1-23(21,22)19(14-9-7-12(16)8-10-14)11-15(20)18-17-13-5-3-2-4-6-13/h7-10H,2-6,11H2,1H3,(H,18,20). The highest BCUT2D eigenvalue weighted by Gasteiger charge is 2.20. The maximum Gasteiger partial charge on any atom is 0.260 e. The number of carbonyl (C=O) groups excluding carboxylic acids is 1. The van der Waals surface area contributed by atoms with Gasteiger partial charge in [-0.1, -0.05) is 18.0 Å². The molecular formula is C15H20ClN3O3S. The van der Waals surface area contributed by atoms with Gasteiger partial charge in [0, 0.05) is 10.7 Å². The van der Waals surface area contributed by atoms with E-state index in [1.54, 1.807) is 24.3 Å². The zero-order valence-electron chi connectivity index (χ0n) is 13.0. The van der Waals surface area contributed by atoms with E-state index < -0.39 is 15.9 Å². The van der Waals surface area contributed by atoms with Crippen LogP contribution in [0.5, 0.6) is 0 Å². The van der Waals surface area contributed by atoms with Gasteiger partial charge in [0.15, 0.2) is 0 Å². The van der Waals surface area contributed by atoms with E-state index in [1.165, 1.54) is 6.42 Å². The maximum absolute atomic E-state index is 12.0. The van der Waals surface area contributed by atoms with Gasteiger partial charge in [-0.15, -0.1) is 0 Å².